The van der Waals surface area contributed by atoms with E-state index in [0.717, 1.165) is 18.5 Å². The molecule has 1 aromatic carbocycles. The zero-order valence-electron chi connectivity index (χ0n) is 11.3. The summed E-state index contributed by atoms with van der Waals surface area (Å²) < 4.78 is 8.56. The van der Waals surface area contributed by atoms with Gasteiger partial charge in [0.05, 0.1) is 13.7 Å². The number of ether oxygens (including phenoxy) is 1. The van der Waals surface area contributed by atoms with Crippen LogP contribution in [0.5, 0.6) is 5.75 Å². The van der Waals surface area contributed by atoms with Crippen LogP contribution in [-0.4, -0.2) is 16.2 Å². The molecule has 102 valence electrons. The van der Waals surface area contributed by atoms with Gasteiger partial charge in [-0.05, 0) is 24.1 Å². The fourth-order valence-electron chi connectivity index (χ4n) is 2.08. The monoisotopic (exact) mass is 261 g/mol. The lowest BCUT2D eigenvalue weighted by Gasteiger charge is -2.07. The van der Waals surface area contributed by atoms with E-state index in [2.05, 4.69) is 0 Å². The SMILES string of the molecule is CCCn1ccn(Cc2cc(N)cc(OC)c2)c1=O. The summed E-state index contributed by atoms with van der Waals surface area (Å²) in [7, 11) is 1.60. The molecule has 5 heteroatoms. The van der Waals surface area contributed by atoms with Crippen molar-refractivity contribution < 1.29 is 4.74 Å². The number of aromatic nitrogens is 2. The number of hydrogen-bond acceptors (Lipinski definition) is 3. The minimum atomic E-state index is 0.00300. The molecule has 1 aromatic heterocycles. The maximum atomic E-state index is 12.1. The number of imidazole rings is 1. The first-order valence-corrected chi connectivity index (χ1v) is 6.33. The molecule has 0 amide bonds. The third-order valence-electron chi connectivity index (χ3n) is 2.96. The summed E-state index contributed by atoms with van der Waals surface area (Å²) in [6.07, 6.45) is 4.55. The van der Waals surface area contributed by atoms with Crippen LogP contribution in [-0.2, 0) is 13.1 Å². The average Bonchev–Trinajstić information content (AvgIpc) is 2.71. The first kappa shape index (κ1) is 13.3. The predicted octanol–water partition coefficient (Wildman–Crippen LogP) is 1.70. The Hall–Kier alpha value is -2.17. The second kappa shape index (κ2) is 5.65. The van der Waals surface area contributed by atoms with Gasteiger partial charge in [0.15, 0.2) is 0 Å². The highest BCUT2D eigenvalue weighted by atomic mass is 16.5. The lowest BCUT2D eigenvalue weighted by molar-refractivity contribution is 0.414. The molecule has 0 radical (unpaired) electrons. The zero-order chi connectivity index (χ0) is 13.8. The Kier molecular flexibility index (Phi) is 3.94. The number of nitrogens with zero attached hydrogens (tertiary/aromatic N) is 2. The van der Waals surface area contributed by atoms with E-state index in [1.807, 2.05) is 25.3 Å². The standard InChI is InChI=1S/C14H19N3O2/c1-3-4-16-5-6-17(14(16)18)10-11-7-12(15)9-13(8-11)19-2/h5-9H,3-4,10,15H2,1-2H3. The van der Waals surface area contributed by atoms with Crippen molar-refractivity contribution in [2.24, 2.45) is 0 Å². The molecule has 0 spiro atoms. The molecular formula is C14H19N3O2. The third kappa shape index (κ3) is 2.99. The van der Waals surface area contributed by atoms with Crippen LogP contribution in [0.4, 0.5) is 5.69 Å². The number of methoxy groups -OCH3 is 1. The molecule has 0 saturated carbocycles. The summed E-state index contributed by atoms with van der Waals surface area (Å²) in [6, 6.07) is 5.50. The van der Waals surface area contributed by atoms with Gasteiger partial charge in [0.2, 0.25) is 0 Å². The van der Waals surface area contributed by atoms with Gasteiger partial charge in [-0.15, -0.1) is 0 Å². The fraction of sp³-hybridized carbons (Fsp3) is 0.357. The van der Waals surface area contributed by atoms with Crippen LogP contribution in [0.3, 0.4) is 0 Å². The Morgan fingerprint density at radius 3 is 2.63 bits per heavy atom. The van der Waals surface area contributed by atoms with Gasteiger partial charge < -0.3 is 10.5 Å². The quantitative estimate of drug-likeness (QED) is 0.833. The van der Waals surface area contributed by atoms with Crippen LogP contribution >= 0.6 is 0 Å². The fourth-order valence-corrected chi connectivity index (χ4v) is 2.08. The Bertz CT molecular complexity index is 613. The van der Waals surface area contributed by atoms with E-state index in [1.54, 1.807) is 28.5 Å². The Labute approximate surface area is 112 Å². The van der Waals surface area contributed by atoms with Crippen LogP contribution < -0.4 is 16.2 Å². The Balaban J connectivity index is 2.26. The highest BCUT2D eigenvalue weighted by molar-refractivity contribution is 5.47. The topological polar surface area (TPSA) is 62.2 Å². The minimum Gasteiger partial charge on any atom is -0.497 e. The summed E-state index contributed by atoms with van der Waals surface area (Å²) in [6.45, 7) is 3.29. The van der Waals surface area contributed by atoms with Crippen LogP contribution in [0.1, 0.15) is 18.9 Å². The highest BCUT2D eigenvalue weighted by Crippen LogP contribution is 2.18. The van der Waals surface area contributed by atoms with E-state index in [-0.39, 0.29) is 5.69 Å². The van der Waals surface area contributed by atoms with Crippen LogP contribution in [0.15, 0.2) is 35.4 Å². The number of aryl methyl sites for hydroxylation is 1. The number of benzene rings is 1. The number of nitrogens with two attached hydrogens (primary N) is 1. The molecule has 2 rings (SSSR count). The molecule has 0 unspecified atom stereocenters. The largest absolute Gasteiger partial charge is 0.497 e. The molecule has 0 aliphatic heterocycles. The molecule has 0 saturated heterocycles. The summed E-state index contributed by atoms with van der Waals surface area (Å²) >= 11 is 0. The summed E-state index contributed by atoms with van der Waals surface area (Å²) in [5.74, 6) is 0.705. The normalized spacial score (nSPS) is 10.6. The van der Waals surface area contributed by atoms with Crippen LogP contribution in [0.25, 0.3) is 0 Å². The van der Waals surface area contributed by atoms with Gasteiger partial charge in [-0.2, -0.15) is 0 Å². The van der Waals surface area contributed by atoms with E-state index in [9.17, 15) is 4.79 Å². The van der Waals surface area contributed by atoms with E-state index in [0.29, 0.717) is 18.0 Å². The molecular weight excluding hydrogens is 242 g/mol. The van der Waals surface area contributed by atoms with Crippen molar-refractivity contribution in [3.05, 3.63) is 46.6 Å². The van der Waals surface area contributed by atoms with Crippen molar-refractivity contribution in [2.45, 2.75) is 26.4 Å². The van der Waals surface area contributed by atoms with Crippen LogP contribution in [0.2, 0.25) is 0 Å². The van der Waals surface area contributed by atoms with Gasteiger partial charge in [0, 0.05) is 30.7 Å². The van der Waals surface area contributed by atoms with Crippen molar-refractivity contribution in [3.63, 3.8) is 0 Å². The van der Waals surface area contributed by atoms with Crippen molar-refractivity contribution in [2.75, 3.05) is 12.8 Å². The third-order valence-corrected chi connectivity index (χ3v) is 2.96. The molecule has 0 atom stereocenters. The number of rotatable bonds is 5. The smallest absolute Gasteiger partial charge is 0.328 e. The van der Waals surface area contributed by atoms with Gasteiger partial charge in [-0.25, -0.2) is 4.79 Å². The molecule has 5 nitrogen and oxygen atoms in total. The lowest BCUT2D eigenvalue weighted by Crippen LogP contribution is -2.24. The number of hydrogen-bond donors (Lipinski definition) is 1. The molecule has 2 N–H and O–H groups in total. The summed E-state index contributed by atoms with van der Waals surface area (Å²) in [4.78, 5) is 12.1. The molecule has 0 fully saturated rings. The predicted molar refractivity (Wildman–Crippen MR) is 75.5 cm³/mol. The molecule has 2 aromatic rings. The lowest BCUT2D eigenvalue weighted by atomic mass is 10.2. The van der Waals surface area contributed by atoms with Crippen molar-refractivity contribution >= 4 is 5.69 Å². The first-order chi connectivity index (χ1) is 9.13. The number of nitrogen functional groups attached to an aromatic ring is 1. The van der Waals surface area contributed by atoms with Gasteiger partial charge in [-0.3, -0.25) is 9.13 Å². The summed E-state index contributed by atoms with van der Waals surface area (Å²) in [5.41, 5.74) is 7.40. The highest BCUT2D eigenvalue weighted by Gasteiger charge is 2.05. The minimum absolute atomic E-state index is 0.00300. The van der Waals surface area contributed by atoms with E-state index >= 15 is 0 Å². The zero-order valence-corrected chi connectivity index (χ0v) is 11.3. The number of anilines is 1. The van der Waals surface area contributed by atoms with E-state index < -0.39 is 0 Å². The first-order valence-electron chi connectivity index (χ1n) is 6.33. The maximum absolute atomic E-state index is 12.1. The summed E-state index contributed by atoms with van der Waals surface area (Å²) in [5, 5.41) is 0. The maximum Gasteiger partial charge on any atom is 0.328 e. The molecule has 1 heterocycles. The second-order valence-corrected chi connectivity index (χ2v) is 4.52. The molecule has 19 heavy (non-hydrogen) atoms. The van der Waals surface area contributed by atoms with Gasteiger partial charge in [-0.1, -0.05) is 6.92 Å². The van der Waals surface area contributed by atoms with Crippen molar-refractivity contribution in [1.82, 2.24) is 9.13 Å². The Morgan fingerprint density at radius 1 is 1.21 bits per heavy atom. The Morgan fingerprint density at radius 2 is 1.95 bits per heavy atom. The van der Waals surface area contributed by atoms with Gasteiger partial charge in [0.1, 0.15) is 5.75 Å². The van der Waals surface area contributed by atoms with Crippen LogP contribution in [0, 0.1) is 0 Å². The van der Waals surface area contributed by atoms with Gasteiger partial charge >= 0.3 is 5.69 Å². The molecule has 0 aliphatic carbocycles. The van der Waals surface area contributed by atoms with E-state index in [4.69, 9.17) is 10.5 Å². The second-order valence-electron chi connectivity index (χ2n) is 4.52. The van der Waals surface area contributed by atoms with Crippen molar-refractivity contribution in [1.29, 1.82) is 0 Å². The van der Waals surface area contributed by atoms with E-state index in [1.165, 1.54) is 0 Å². The molecule has 0 bridgehead atoms. The van der Waals surface area contributed by atoms with Crippen molar-refractivity contribution in [3.8, 4) is 5.75 Å². The average molecular weight is 261 g/mol. The molecule has 0 aliphatic rings. The van der Waals surface area contributed by atoms with Gasteiger partial charge in [0.25, 0.3) is 0 Å².